The van der Waals surface area contributed by atoms with Crippen LogP contribution in [0.3, 0.4) is 0 Å². The van der Waals surface area contributed by atoms with E-state index in [1.807, 2.05) is 50.2 Å². The number of aryl methyl sites for hydroxylation is 2. The largest absolute Gasteiger partial charge is 0.329 e. The van der Waals surface area contributed by atoms with Gasteiger partial charge in [-0.2, -0.15) is 5.10 Å². The van der Waals surface area contributed by atoms with Crippen molar-refractivity contribution in [3.8, 4) is 0 Å². The van der Waals surface area contributed by atoms with Gasteiger partial charge in [0.05, 0.1) is 6.21 Å². The molecule has 2 rings (SSSR count). The predicted molar refractivity (Wildman–Crippen MR) is 86.7 cm³/mol. The standard InChI is InChI=1S/C17H17N3O2/c1-12-6-8-15(9-7-12)19-16(21)17(22)20-18-11-14-5-3-4-13(2)10-14/h3-11H,1-2H3,(H,19,21)(H,20,22)/b18-11-. The number of carbonyl (C=O) groups excluding carboxylic acids is 2. The monoisotopic (exact) mass is 295 g/mol. The van der Waals surface area contributed by atoms with E-state index in [2.05, 4.69) is 15.8 Å². The normalized spacial score (nSPS) is 10.5. The van der Waals surface area contributed by atoms with Crippen LogP contribution in [0.5, 0.6) is 0 Å². The van der Waals surface area contributed by atoms with Crippen molar-refractivity contribution in [3.05, 3.63) is 65.2 Å². The van der Waals surface area contributed by atoms with Crippen molar-refractivity contribution in [3.63, 3.8) is 0 Å². The van der Waals surface area contributed by atoms with Gasteiger partial charge >= 0.3 is 11.8 Å². The van der Waals surface area contributed by atoms with E-state index in [1.54, 1.807) is 12.1 Å². The molecule has 22 heavy (non-hydrogen) atoms. The van der Waals surface area contributed by atoms with Gasteiger partial charge in [-0.3, -0.25) is 9.59 Å². The lowest BCUT2D eigenvalue weighted by Gasteiger charge is -2.04. The molecule has 5 nitrogen and oxygen atoms in total. The Labute approximate surface area is 129 Å². The number of rotatable bonds is 3. The van der Waals surface area contributed by atoms with Gasteiger partial charge in [0, 0.05) is 5.69 Å². The van der Waals surface area contributed by atoms with Gasteiger partial charge in [0.25, 0.3) is 0 Å². The Morgan fingerprint density at radius 1 is 0.955 bits per heavy atom. The number of hydrogen-bond donors (Lipinski definition) is 2. The topological polar surface area (TPSA) is 70.6 Å². The summed E-state index contributed by atoms with van der Waals surface area (Å²) in [5, 5.41) is 6.28. The van der Waals surface area contributed by atoms with Crippen LogP contribution in [-0.2, 0) is 9.59 Å². The highest BCUT2D eigenvalue weighted by atomic mass is 16.2. The maximum atomic E-state index is 11.7. The molecular weight excluding hydrogens is 278 g/mol. The highest BCUT2D eigenvalue weighted by Crippen LogP contribution is 2.08. The molecular formula is C17H17N3O2. The second-order valence-electron chi connectivity index (χ2n) is 4.93. The molecule has 0 aliphatic rings. The van der Waals surface area contributed by atoms with Crippen molar-refractivity contribution < 1.29 is 9.59 Å². The summed E-state index contributed by atoms with van der Waals surface area (Å²) in [7, 11) is 0. The van der Waals surface area contributed by atoms with Crippen molar-refractivity contribution in [2.45, 2.75) is 13.8 Å². The van der Waals surface area contributed by atoms with Crippen LogP contribution in [-0.4, -0.2) is 18.0 Å². The number of nitrogens with zero attached hydrogens (tertiary/aromatic N) is 1. The lowest BCUT2D eigenvalue weighted by molar-refractivity contribution is -0.136. The number of carbonyl (C=O) groups is 2. The van der Waals surface area contributed by atoms with Gasteiger partial charge in [-0.05, 0) is 31.5 Å². The minimum absolute atomic E-state index is 0.563. The Morgan fingerprint density at radius 3 is 2.36 bits per heavy atom. The second-order valence-corrected chi connectivity index (χ2v) is 4.93. The molecule has 0 aliphatic heterocycles. The van der Waals surface area contributed by atoms with Gasteiger partial charge in [0.15, 0.2) is 0 Å². The molecule has 0 aliphatic carbocycles. The summed E-state index contributed by atoms with van der Waals surface area (Å²) in [5.74, 6) is -1.57. The first-order chi connectivity index (χ1) is 10.5. The smallest absolute Gasteiger partial charge is 0.318 e. The Morgan fingerprint density at radius 2 is 1.68 bits per heavy atom. The van der Waals surface area contributed by atoms with Gasteiger partial charge in [-0.1, -0.05) is 47.5 Å². The van der Waals surface area contributed by atoms with Gasteiger partial charge in [0.1, 0.15) is 0 Å². The third-order valence-electron chi connectivity index (χ3n) is 2.94. The number of hydrogen-bond acceptors (Lipinski definition) is 3. The lowest BCUT2D eigenvalue weighted by Crippen LogP contribution is -2.32. The van der Waals surface area contributed by atoms with E-state index < -0.39 is 11.8 Å². The van der Waals surface area contributed by atoms with Gasteiger partial charge < -0.3 is 5.32 Å². The maximum Gasteiger partial charge on any atom is 0.329 e. The zero-order valence-electron chi connectivity index (χ0n) is 12.5. The van der Waals surface area contributed by atoms with E-state index in [4.69, 9.17) is 0 Å². The third kappa shape index (κ3) is 4.56. The fourth-order valence-corrected chi connectivity index (χ4v) is 1.79. The number of amides is 2. The summed E-state index contributed by atoms with van der Waals surface area (Å²) in [6.45, 7) is 3.91. The van der Waals surface area contributed by atoms with Crippen molar-refractivity contribution in [2.24, 2.45) is 5.10 Å². The molecule has 0 unspecified atom stereocenters. The van der Waals surface area contributed by atoms with Gasteiger partial charge in [-0.25, -0.2) is 5.43 Å². The van der Waals surface area contributed by atoms with Crippen molar-refractivity contribution in [2.75, 3.05) is 5.32 Å². The van der Waals surface area contributed by atoms with E-state index in [1.165, 1.54) is 6.21 Å². The van der Waals surface area contributed by atoms with E-state index in [0.717, 1.165) is 16.7 Å². The fourth-order valence-electron chi connectivity index (χ4n) is 1.79. The molecule has 0 spiro atoms. The minimum Gasteiger partial charge on any atom is -0.318 e. The molecule has 5 heteroatoms. The Kier molecular flexibility index (Phi) is 5.03. The summed E-state index contributed by atoms with van der Waals surface area (Å²) in [6.07, 6.45) is 1.49. The lowest BCUT2D eigenvalue weighted by atomic mass is 10.2. The Balaban J connectivity index is 1.89. The zero-order valence-corrected chi connectivity index (χ0v) is 12.5. The fraction of sp³-hybridized carbons (Fsp3) is 0.118. The Bertz CT molecular complexity index is 706. The SMILES string of the molecule is Cc1ccc(NC(=O)C(=O)N/N=C\c2cccc(C)c2)cc1. The number of anilines is 1. The van der Waals surface area contributed by atoms with Crippen molar-refractivity contribution in [1.82, 2.24) is 5.43 Å². The highest BCUT2D eigenvalue weighted by Gasteiger charge is 2.12. The number of hydrazone groups is 1. The summed E-state index contributed by atoms with van der Waals surface area (Å²) in [4.78, 5) is 23.3. The summed E-state index contributed by atoms with van der Waals surface area (Å²) in [5.41, 5.74) is 5.77. The average Bonchev–Trinajstić information content (AvgIpc) is 2.49. The van der Waals surface area contributed by atoms with Crippen LogP contribution in [0, 0.1) is 13.8 Å². The molecule has 0 radical (unpaired) electrons. The molecule has 0 fully saturated rings. The molecule has 2 aromatic carbocycles. The Hall–Kier alpha value is -2.95. The molecule has 0 heterocycles. The molecule has 0 aromatic heterocycles. The van der Waals surface area contributed by atoms with Crippen LogP contribution < -0.4 is 10.7 Å². The van der Waals surface area contributed by atoms with Crippen LogP contribution >= 0.6 is 0 Å². The summed E-state index contributed by atoms with van der Waals surface area (Å²) < 4.78 is 0. The van der Waals surface area contributed by atoms with E-state index in [0.29, 0.717) is 5.69 Å². The minimum atomic E-state index is -0.815. The average molecular weight is 295 g/mol. The predicted octanol–water partition coefficient (Wildman–Crippen LogP) is 2.39. The molecule has 2 aromatic rings. The number of benzene rings is 2. The quantitative estimate of drug-likeness (QED) is 0.518. The van der Waals surface area contributed by atoms with E-state index in [9.17, 15) is 9.59 Å². The van der Waals surface area contributed by atoms with E-state index in [-0.39, 0.29) is 0 Å². The molecule has 0 atom stereocenters. The zero-order chi connectivity index (χ0) is 15.9. The van der Waals surface area contributed by atoms with E-state index >= 15 is 0 Å². The highest BCUT2D eigenvalue weighted by molar-refractivity contribution is 6.39. The molecule has 0 saturated heterocycles. The van der Waals surface area contributed by atoms with Crippen molar-refractivity contribution >= 4 is 23.7 Å². The second kappa shape index (κ2) is 7.17. The van der Waals surface area contributed by atoms with Crippen LogP contribution in [0.1, 0.15) is 16.7 Å². The maximum absolute atomic E-state index is 11.7. The third-order valence-corrected chi connectivity index (χ3v) is 2.94. The molecule has 0 bridgehead atoms. The number of nitrogens with one attached hydrogen (secondary N) is 2. The summed E-state index contributed by atoms with van der Waals surface area (Å²) in [6, 6.07) is 14.8. The summed E-state index contributed by atoms with van der Waals surface area (Å²) >= 11 is 0. The van der Waals surface area contributed by atoms with Crippen molar-refractivity contribution in [1.29, 1.82) is 0 Å². The molecule has 2 amide bonds. The first-order valence-electron chi connectivity index (χ1n) is 6.82. The van der Waals surface area contributed by atoms with Crippen LogP contribution in [0.25, 0.3) is 0 Å². The first-order valence-corrected chi connectivity index (χ1v) is 6.82. The first kappa shape index (κ1) is 15.4. The molecule has 2 N–H and O–H groups in total. The van der Waals surface area contributed by atoms with Crippen LogP contribution in [0.2, 0.25) is 0 Å². The van der Waals surface area contributed by atoms with Crippen LogP contribution in [0.15, 0.2) is 53.6 Å². The van der Waals surface area contributed by atoms with Gasteiger partial charge in [0.2, 0.25) is 0 Å². The molecule has 0 saturated carbocycles. The molecule has 112 valence electrons. The van der Waals surface area contributed by atoms with Crippen LogP contribution in [0.4, 0.5) is 5.69 Å². The van der Waals surface area contributed by atoms with Gasteiger partial charge in [-0.15, -0.1) is 0 Å².